The van der Waals surface area contributed by atoms with Crippen LogP contribution in [0.4, 0.5) is 4.39 Å². The van der Waals surface area contributed by atoms with Crippen molar-refractivity contribution in [3.63, 3.8) is 0 Å². The van der Waals surface area contributed by atoms with E-state index in [-0.39, 0.29) is 11.6 Å². The molecule has 0 aromatic heterocycles. The SMILES string of the molecule is C=Cc1ccc(COCCCCOc2ccc(/C=C/C(=O)c3ccc(F)cc3)cc2)cc1. The summed E-state index contributed by atoms with van der Waals surface area (Å²) in [6, 6.07) is 21.2. The first-order valence-corrected chi connectivity index (χ1v) is 10.6. The summed E-state index contributed by atoms with van der Waals surface area (Å²) in [6.45, 7) is 5.67. The number of rotatable bonds is 12. The van der Waals surface area contributed by atoms with Crippen LogP contribution in [0.1, 0.15) is 39.9 Å². The number of halogens is 1. The lowest BCUT2D eigenvalue weighted by Crippen LogP contribution is -2.01. The number of unbranched alkanes of at least 4 members (excludes halogenated alkanes) is 1. The fourth-order valence-electron chi connectivity index (χ4n) is 2.99. The largest absolute Gasteiger partial charge is 0.494 e. The molecule has 0 heterocycles. The normalized spacial score (nSPS) is 10.9. The number of ether oxygens (including phenoxy) is 2. The monoisotopic (exact) mass is 430 g/mol. The van der Waals surface area contributed by atoms with E-state index >= 15 is 0 Å². The van der Waals surface area contributed by atoms with E-state index in [1.807, 2.05) is 42.5 Å². The molecule has 0 atom stereocenters. The Balaban J connectivity index is 1.31. The maximum absolute atomic E-state index is 12.9. The lowest BCUT2D eigenvalue weighted by Gasteiger charge is -2.07. The topological polar surface area (TPSA) is 35.5 Å². The highest BCUT2D eigenvalue weighted by Crippen LogP contribution is 2.15. The van der Waals surface area contributed by atoms with Gasteiger partial charge >= 0.3 is 0 Å². The average molecular weight is 431 g/mol. The van der Waals surface area contributed by atoms with Crippen LogP contribution in [0.2, 0.25) is 0 Å². The summed E-state index contributed by atoms with van der Waals surface area (Å²) in [7, 11) is 0. The smallest absolute Gasteiger partial charge is 0.185 e. The predicted molar refractivity (Wildman–Crippen MR) is 127 cm³/mol. The minimum atomic E-state index is -0.358. The maximum atomic E-state index is 12.9. The van der Waals surface area contributed by atoms with Gasteiger partial charge in [0.05, 0.1) is 13.2 Å². The lowest BCUT2D eigenvalue weighted by atomic mass is 10.1. The second-order valence-electron chi connectivity index (χ2n) is 7.33. The fraction of sp³-hybridized carbons (Fsp3) is 0.179. The molecule has 0 N–H and O–H groups in total. The number of carbonyl (C=O) groups is 1. The minimum absolute atomic E-state index is 0.165. The first-order chi connectivity index (χ1) is 15.6. The molecule has 0 amide bonds. The molecule has 0 bridgehead atoms. The third kappa shape index (κ3) is 7.64. The van der Waals surface area contributed by atoms with Gasteiger partial charge in [-0.1, -0.05) is 55.1 Å². The van der Waals surface area contributed by atoms with Crippen molar-refractivity contribution in [3.05, 3.63) is 114 Å². The third-order valence-corrected chi connectivity index (χ3v) is 4.87. The number of allylic oxidation sites excluding steroid dienone is 1. The molecular formula is C28H27FO3. The zero-order valence-corrected chi connectivity index (χ0v) is 18.0. The molecule has 0 radical (unpaired) electrons. The van der Waals surface area contributed by atoms with Gasteiger partial charge in [0.2, 0.25) is 0 Å². The van der Waals surface area contributed by atoms with Gasteiger partial charge in [0.1, 0.15) is 11.6 Å². The van der Waals surface area contributed by atoms with E-state index in [0.29, 0.717) is 25.4 Å². The number of hydrogen-bond donors (Lipinski definition) is 0. The number of benzene rings is 3. The Morgan fingerprint density at radius 2 is 1.50 bits per heavy atom. The molecule has 0 aliphatic heterocycles. The highest BCUT2D eigenvalue weighted by molar-refractivity contribution is 6.06. The van der Waals surface area contributed by atoms with Gasteiger partial charge < -0.3 is 9.47 Å². The van der Waals surface area contributed by atoms with E-state index in [1.165, 1.54) is 30.3 Å². The number of carbonyl (C=O) groups excluding carboxylic acids is 1. The Kier molecular flexibility index (Phi) is 8.96. The first kappa shape index (κ1) is 23.2. The summed E-state index contributed by atoms with van der Waals surface area (Å²) >= 11 is 0. The van der Waals surface area contributed by atoms with Crippen molar-refractivity contribution in [1.29, 1.82) is 0 Å². The molecule has 3 aromatic rings. The Labute approximate surface area is 188 Å². The third-order valence-electron chi connectivity index (χ3n) is 4.87. The molecule has 0 aliphatic rings. The summed E-state index contributed by atoms with van der Waals surface area (Å²) in [6.07, 6.45) is 6.88. The van der Waals surface area contributed by atoms with Crippen molar-refractivity contribution in [2.75, 3.05) is 13.2 Å². The van der Waals surface area contributed by atoms with Gasteiger partial charge in [-0.25, -0.2) is 4.39 Å². The molecule has 0 aliphatic carbocycles. The fourth-order valence-corrected chi connectivity index (χ4v) is 2.99. The molecule has 3 aromatic carbocycles. The second kappa shape index (κ2) is 12.4. The molecule has 0 fully saturated rings. The van der Waals surface area contributed by atoms with Crippen LogP contribution < -0.4 is 4.74 Å². The maximum Gasteiger partial charge on any atom is 0.185 e. The van der Waals surface area contributed by atoms with Crippen molar-refractivity contribution >= 4 is 17.9 Å². The van der Waals surface area contributed by atoms with Crippen molar-refractivity contribution in [2.45, 2.75) is 19.4 Å². The van der Waals surface area contributed by atoms with Gasteiger partial charge in [-0.15, -0.1) is 0 Å². The first-order valence-electron chi connectivity index (χ1n) is 10.6. The number of ketones is 1. The molecule has 0 spiro atoms. The Bertz CT molecular complexity index is 1020. The van der Waals surface area contributed by atoms with Gasteiger partial charge in [0, 0.05) is 12.2 Å². The molecule has 3 nitrogen and oxygen atoms in total. The standard InChI is InChI=1S/C28H27FO3/c1-2-22-5-7-24(8-6-22)21-31-19-3-4-20-32-27-16-9-23(10-17-27)11-18-28(30)25-12-14-26(29)15-13-25/h2,5-18H,1,3-4,19-21H2/b18-11+. The zero-order chi connectivity index (χ0) is 22.6. The van der Waals surface area contributed by atoms with Crippen molar-refractivity contribution in [2.24, 2.45) is 0 Å². The van der Waals surface area contributed by atoms with E-state index in [1.54, 1.807) is 6.08 Å². The minimum Gasteiger partial charge on any atom is -0.494 e. The van der Waals surface area contributed by atoms with Crippen LogP contribution in [0.15, 0.2) is 85.5 Å². The quantitative estimate of drug-likeness (QED) is 0.181. The summed E-state index contributed by atoms with van der Waals surface area (Å²) < 4.78 is 24.4. The van der Waals surface area contributed by atoms with Crippen LogP contribution in [0, 0.1) is 5.82 Å². The van der Waals surface area contributed by atoms with Crippen LogP contribution >= 0.6 is 0 Å². The van der Waals surface area contributed by atoms with Crippen LogP contribution in [-0.4, -0.2) is 19.0 Å². The summed E-state index contributed by atoms with van der Waals surface area (Å²) in [4.78, 5) is 12.1. The van der Waals surface area contributed by atoms with Gasteiger partial charge in [0.15, 0.2) is 5.78 Å². The van der Waals surface area contributed by atoms with Crippen LogP contribution in [0.25, 0.3) is 12.2 Å². The van der Waals surface area contributed by atoms with Crippen molar-refractivity contribution < 1.29 is 18.7 Å². The summed E-state index contributed by atoms with van der Waals surface area (Å²) in [5.41, 5.74) is 3.60. The highest BCUT2D eigenvalue weighted by Gasteiger charge is 2.02. The molecule has 3 rings (SSSR count). The van der Waals surface area contributed by atoms with Gasteiger partial charge in [-0.05, 0) is 72.0 Å². The van der Waals surface area contributed by atoms with Crippen LogP contribution in [0.5, 0.6) is 5.75 Å². The zero-order valence-electron chi connectivity index (χ0n) is 18.0. The van der Waals surface area contributed by atoms with Gasteiger partial charge in [-0.3, -0.25) is 4.79 Å². The van der Waals surface area contributed by atoms with Crippen LogP contribution in [-0.2, 0) is 11.3 Å². The molecule has 4 heteroatoms. The second-order valence-corrected chi connectivity index (χ2v) is 7.33. The molecule has 32 heavy (non-hydrogen) atoms. The lowest BCUT2D eigenvalue weighted by molar-refractivity contribution is 0.104. The van der Waals surface area contributed by atoms with Crippen molar-refractivity contribution in [3.8, 4) is 5.75 Å². The van der Waals surface area contributed by atoms with E-state index in [4.69, 9.17) is 9.47 Å². The van der Waals surface area contributed by atoms with E-state index in [9.17, 15) is 9.18 Å². The van der Waals surface area contributed by atoms with Gasteiger partial charge in [-0.2, -0.15) is 0 Å². The Morgan fingerprint density at radius 1 is 0.844 bits per heavy atom. The van der Waals surface area contributed by atoms with E-state index < -0.39 is 0 Å². The summed E-state index contributed by atoms with van der Waals surface area (Å²) in [5.74, 6) is 0.264. The molecule has 0 saturated heterocycles. The number of hydrogen-bond acceptors (Lipinski definition) is 3. The van der Waals surface area contributed by atoms with Gasteiger partial charge in [0.25, 0.3) is 0 Å². The molecular weight excluding hydrogens is 403 g/mol. The van der Waals surface area contributed by atoms with E-state index in [2.05, 4.69) is 18.7 Å². The Hall–Kier alpha value is -3.50. The highest BCUT2D eigenvalue weighted by atomic mass is 19.1. The van der Waals surface area contributed by atoms with E-state index in [0.717, 1.165) is 35.3 Å². The molecule has 0 saturated carbocycles. The molecule has 0 unspecified atom stereocenters. The summed E-state index contributed by atoms with van der Waals surface area (Å²) in [5, 5.41) is 0. The predicted octanol–water partition coefficient (Wildman–Crippen LogP) is 6.74. The molecule has 164 valence electrons. The van der Waals surface area contributed by atoms with Crippen LogP contribution in [0.3, 0.4) is 0 Å². The Morgan fingerprint density at radius 3 is 2.19 bits per heavy atom. The average Bonchev–Trinajstić information content (AvgIpc) is 2.83. The van der Waals surface area contributed by atoms with Crippen molar-refractivity contribution in [1.82, 2.24) is 0 Å².